The molecule has 0 aliphatic carbocycles. The summed E-state index contributed by atoms with van der Waals surface area (Å²) in [5.74, 6) is 1.43. The molecule has 2 saturated heterocycles. The number of hydrogen-bond acceptors (Lipinski definition) is 3. The Labute approximate surface area is 124 Å². The molecule has 3 aliphatic heterocycles. The smallest absolute Gasteiger partial charge is 0.126 e. The molecule has 1 N–H and O–H groups in total. The molecule has 2 fully saturated rings. The van der Waals surface area contributed by atoms with E-state index in [1.54, 1.807) is 0 Å². The molecule has 1 aromatic rings. The van der Waals surface area contributed by atoms with Crippen LogP contribution in [0.1, 0.15) is 37.4 Å². The lowest BCUT2D eigenvalue weighted by atomic mass is 9.70. The molecule has 4 rings (SSSR count). The lowest BCUT2D eigenvalue weighted by Gasteiger charge is -2.52. The molecule has 0 saturated carbocycles. The highest BCUT2D eigenvalue weighted by atomic mass is 35.5. The van der Waals surface area contributed by atoms with E-state index in [-0.39, 0.29) is 11.7 Å². The summed E-state index contributed by atoms with van der Waals surface area (Å²) < 4.78 is 12.6. The van der Waals surface area contributed by atoms with E-state index in [9.17, 15) is 0 Å². The zero-order chi connectivity index (χ0) is 13.6. The van der Waals surface area contributed by atoms with E-state index in [0.717, 1.165) is 55.3 Å². The van der Waals surface area contributed by atoms with E-state index < -0.39 is 0 Å². The average molecular weight is 294 g/mol. The fraction of sp³-hybridized carbons (Fsp3) is 0.625. The van der Waals surface area contributed by atoms with E-state index in [2.05, 4.69) is 5.32 Å². The number of nitrogens with one attached hydrogen (secondary N) is 1. The van der Waals surface area contributed by atoms with Crippen LogP contribution in [0.4, 0.5) is 0 Å². The van der Waals surface area contributed by atoms with Gasteiger partial charge in [-0.15, -0.1) is 0 Å². The average Bonchev–Trinajstić information content (AvgIpc) is 2.50. The van der Waals surface area contributed by atoms with Gasteiger partial charge in [0.25, 0.3) is 0 Å². The first-order valence-electron chi connectivity index (χ1n) is 7.59. The number of benzene rings is 1. The molecule has 1 aromatic carbocycles. The van der Waals surface area contributed by atoms with E-state index in [0.29, 0.717) is 5.92 Å². The van der Waals surface area contributed by atoms with E-state index in [4.69, 9.17) is 21.1 Å². The quantitative estimate of drug-likeness (QED) is 0.796. The highest BCUT2D eigenvalue weighted by Crippen LogP contribution is 2.52. The highest BCUT2D eigenvalue weighted by molar-refractivity contribution is 6.30. The lowest BCUT2D eigenvalue weighted by molar-refractivity contribution is -0.141. The predicted molar refractivity (Wildman–Crippen MR) is 78.3 cm³/mol. The van der Waals surface area contributed by atoms with Crippen LogP contribution in [-0.2, 0) is 4.74 Å². The van der Waals surface area contributed by atoms with E-state index in [1.807, 2.05) is 18.2 Å². The van der Waals surface area contributed by atoms with Crippen molar-refractivity contribution in [1.29, 1.82) is 0 Å². The Morgan fingerprint density at radius 3 is 2.95 bits per heavy atom. The first-order valence-corrected chi connectivity index (χ1v) is 7.97. The molecule has 2 atom stereocenters. The van der Waals surface area contributed by atoms with Crippen LogP contribution in [0.5, 0.6) is 5.75 Å². The molecule has 0 unspecified atom stereocenters. The molecule has 3 aliphatic rings. The standard InChI is InChI=1S/C16H20ClNO2/c17-11-3-4-14-12(10-11)15-13(2-1-9-19-15)16(20-14)5-7-18-8-6-16/h3-4,10,13,15,18H,1-2,5-9H2/t13-,15+/m1/s1. The van der Waals surface area contributed by atoms with Crippen LogP contribution in [0.2, 0.25) is 5.02 Å². The Hall–Kier alpha value is -0.770. The molecular formula is C16H20ClNO2. The summed E-state index contributed by atoms with van der Waals surface area (Å²) in [6, 6.07) is 5.95. The van der Waals surface area contributed by atoms with Crippen LogP contribution in [0.15, 0.2) is 18.2 Å². The van der Waals surface area contributed by atoms with E-state index >= 15 is 0 Å². The molecule has 20 heavy (non-hydrogen) atoms. The van der Waals surface area contributed by atoms with Crippen molar-refractivity contribution >= 4 is 11.6 Å². The molecule has 0 aromatic heterocycles. The second-order valence-electron chi connectivity index (χ2n) is 6.14. The van der Waals surface area contributed by atoms with Crippen LogP contribution in [-0.4, -0.2) is 25.3 Å². The topological polar surface area (TPSA) is 30.5 Å². The maximum absolute atomic E-state index is 6.51. The molecule has 3 nitrogen and oxygen atoms in total. The van der Waals surface area contributed by atoms with Crippen LogP contribution in [0.25, 0.3) is 0 Å². The lowest BCUT2D eigenvalue weighted by Crippen LogP contribution is -2.56. The second kappa shape index (κ2) is 4.90. The van der Waals surface area contributed by atoms with Gasteiger partial charge in [-0.2, -0.15) is 0 Å². The summed E-state index contributed by atoms with van der Waals surface area (Å²) in [5.41, 5.74) is 1.10. The summed E-state index contributed by atoms with van der Waals surface area (Å²) in [6.07, 6.45) is 4.62. The van der Waals surface area contributed by atoms with Crippen molar-refractivity contribution < 1.29 is 9.47 Å². The Kier molecular flexibility index (Phi) is 3.17. The minimum absolute atomic E-state index is 0.0445. The summed E-state index contributed by atoms with van der Waals surface area (Å²) >= 11 is 6.16. The third-order valence-corrected chi connectivity index (χ3v) is 5.27. The third kappa shape index (κ3) is 1.95. The van der Waals surface area contributed by atoms with Crippen molar-refractivity contribution in [3.63, 3.8) is 0 Å². The zero-order valence-electron chi connectivity index (χ0n) is 11.5. The first-order chi connectivity index (χ1) is 9.78. The maximum atomic E-state index is 6.51. The summed E-state index contributed by atoms with van der Waals surface area (Å²) in [6.45, 7) is 2.92. The van der Waals surface area contributed by atoms with Gasteiger partial charge < -0.3 is 14.8 Å². The largest absolute Gasteiger partial charge is 0.486 e. The number of rotatable bonds is 0. The molecule has 108 valence electrons. The number of halogens is 1. The number of ether oxygens (including phenoxy) is 2. The normalized spacial score (nSPS) is 31.2. The predicted octanol–water partition coefficient (Wildman–Crippen LogP) is 3.32. The Bertz CT molecular complexity index is 513. The number of fused-ring (bicyclic) bond motifs is 4. The summed E-state index contributed by atoms with van der Waals surface area (Å²) in [5, 5.41) is 4.21. The van der Waals surface area contributed by atoms with Crippen molar-refractivity contribution in [3.8, 4) is 5.75 Å². The Balaban J connectivity index is 1.79. The van der Waals surface area contributed by atoms with Crippen molar-refractivity contribution in [3.05, 3.63) is 28.8 Å². The van der Waals surface area contributed by atoms with Crippen LogP contribution in [0, 0.1) is 5.92 Å². The minimum Gasteiger partial charge on any atom is -0.486 e. The molecule has 1 spiro atoms. The van der Waals surface area contributed by atoms with Crippen LogP contribution in [0.3, 0.4) is 0 Å². The highest BCUT2D eigenvalue weighted by Gasteiger charge is 2.51. The van der Waals surface area contributed by atoms with Crippen molar-refractivity contribution in [2.24, 2.45) is 5.92 Å². The first kappa shape index (κ1) is 12.9. The van der Waals surface area contributed by atoms with Gasteiger partial charge in [0.15, 0.2) is 0 Å². The third-order valence-electron chi connectivity index (χ3n) is 5.04. The van der Waals surface area contributed by atoms with Gasteiger partial charge in [0, 0.05) is 23.1 Å². The molecule has 4 heteroatoms. The summed E-state index contributed by atoms with van der Waals surface area (Å²) in [7, 11) is 0. The molecular weight excluding hydrogens is 274 g/mol. The van der Waals surface area contributed by atoms with Gasteiger partial charge in [-0.3, -0.25) is 0 Å². The Morgan fingerprint density at radius 1 is 1.25 bits per heavy atom. The Morgan fingerprint density at radius 2 is 2.10 bits per heavy atom. The van der Waals surface area contributed by atoms with Crippen LogP contribution < -0.4 is 10.1 Å². The SMILES string of the molecule is Clc1ccc2c(c1)[C@@H]1OCCC[C@H]1C1(CCNCC1)O2. The molecule has 0 amide bonds. The van der Waals surface area contributed by atoms with Gasteiger partial charge in [-0.1, -0.05) is 11.6 Å². The number of piperidine rings is 1. The van der Waals surface area contributed by atoms with Crippen molar-refractivity contribution in [2.45, 2.75) is 37.4 Å². The maximum Gasteiger partial charge on any atom is 0.126 e. The molecule has 0 radical (unpaired) electrons. The molecule has 0 bridgehead atoms. The van der Waals surface area contributed by atoms with Crippen LogP contribution >= 0.6 is 11.6 Å². The molecule has 3 heterocycles. The second-order valence-corrected chi connectivity index (χ2v) is 6.58. The van der Waals surface area contributed by atoms with Gasteiger partial charge in [0.05, 0.1) is 6.10 Å². The van der Waals surface area contributed by atoms with Gasteiger partial charge in [0.1, 0.15) is 11.4 Å². The fourth-order valence-electron chi connectivity index (χ4n) is 4.08. The van der Waals surface area contributed by atoms with Crippen molar-refractivity contribution in [1.82, 2.24) is 5.32 Å². The fourth-order valence-corrected chi connectivity index (χ4v) is 4.26. The van der Waals surface area contributed by atoms with Gasteiger partial charge in [0.2, 0.25) is 0 Å². The van der Waals surface area contributed by atoms with Gasteiger partial charge >= 0.3 is 0 Å². The minimum atomic E-state index is -0.0445. The number of hydrogen-bond donors (Lipinski definition) is 1. The van der Waals surface area contributed by atoms with Crippen molar-refractivity contribution in [2.75, 3.05) is 19.7 Å². The monoisotopic (exact) mass is 293 g/mol. The van der Waals surface area contributed by atoms with Gasteiger partial charge in [-0.05, 0) is 57.0 Å². The van der Waals surface area contributed by atoms with E-state index in [1.165, 1.54) is 6.42 Å². The summed E-state index contributed by atoms with van der Waals surface area (Å²) in [4.78, 5) is 0. The zero-order valence-corrected chi connectivity index (χ0v) is 12.3. The van der Waals surface area contributed by atoms with Gasteiger partial charge in [-0.25, -0.2) is 0 Å².